The van der Waals surface area contributed by atoms with Crippen molar-refractivity contribution >= 4 is 16.0 Å². The molecule has 1 fully saturated rings. The van der Waals surface area contributed by atoms with Gasteiger partial charge in [-0.15, -0.1) is 0 Å². The van der Waals surface area contributed by atoms with Crippen molar-refractivity contribution in [2.75, 3.05) is 12.3 Å². The molecule has 0 radical (unpaired) electrons. The molecule has 0 aromatic carbocycles. The quantitative estimate of drug-likeness (QED) is 0.759. The highest BCUT2D eigenvalue weighted by Crippen LogP contribution is 2.23. The fourth-order valence-electron chi connectivity index (χ4n) is 1.92. The monoisotopic (exact) mass is 235 g/mol. The number of nitrogens with zero attached hydrogens (tertiary/aromatic N) is 1. The number of rotatable bonds is 5. The van der Waals surface area contributed by atoms with Gasteiger partial charge in [-0.25, -0.2) is 8.42 Å². The minimum atomic E-state index is -3.36. The molecule has 1 aliphatic heterocycles. The van der Waals surface area contributed by atoms with Crippen LogP contribution in [0.3, 0.4) is 0 Å². The third-order valence-corrected chi connectivity index (χ3v) is 4.64. The summed E-state index contributed by atoms with van der Waals surface area (Å²) in [5.41, 5.74) is 0. The van der Waals surface area contributed by atoms with Crippen LogP contribution in [0, 0.1) is 0 Å². The minimum Gasteiger partial charge on any atom is -0.481 e. The number of hydrogen-bond donors (Lipinski definition) is 1. The van der Waals surface area contributed by atoms with E-state index in [4.69, 9.17) is 5.11 Å². The van der Waals surface area contributed by atoms with Crippen molar-refractivity contribution in [3.05, 3.63) is 0 Å². The number of carboxylic acids is 1. The Kier molecular flexibility index (Phi) is 4.10. The van der Waals surface area contributed by atoms with E-state index in [9.17, 15) is 13.2 Å². The topological polar surface area (TPSA) is 74.7 Å². The lowest BCUT2D eigenvalue weighted by atomic mass is 10.2. The molecule has 0 saturated carbocycles. The highest BCUT2D eigenvalue weighted by atomic mass is 32.2. The molecule has 1 N–H and O–H groups in total. The molecule has 1 unspecified atom stereocenters. The number of carboxylic acid groups (broad SMARTS) is 1. The van der Waals surface area contributed by atoms with Gasteiger partial charge in [0.05, 0.1) is 12.2 Å². The predicted octanol–water partition coefficient (Wildman–Crippen LogP) is 0.665. The van der Waals surface area contributed by atoms with Gasteiger partial charge in [0, 0.05) is 12.6 Å². The Bertz CT molecular complexity index is 325. The predicted molar refractivity (Wildman–Crippen MR) is 56.1 cm³/mol. The van der Waals surface area contributed by atoms with Crippen LogP contribution in [0.25, 0.3) is 0 Å². The molecular weight excluding hydrogens is 218 g/mol. The average Bonchev–Trinajstić information content (AvgIpc) is 2.63. The van der Waals surface area contributed by atoms with Crippen molar-refractivity contribution in [3.8, 4) is 0 Å². The van der Waals surface area contributed by atoms with Gasteiger partial charge in [0.2, 0.25) is 10.0 Å². The molecule has 1 saturated heterocycles. The summed E-state index contributed by atoms with van der Waals surface area (Å²) >= 11 is 0. The molecule has 0 bridgehead atoms. The van der Waals surface area contributed by atoms with E-state index in [-0.39, 0.29) is 18.2 Å². The molecule has 1 atom stereocenters. The highest BCUT2D eigenvalue weighted by molar-refractivity contribution is 7.89. The third kappa shape index (κ3) is 3.17. The van der Waals surface area contributed by atoms with E-state index in [2.05, 4.69) is 0 Å². The second kappa shape index (κ2) is 4.94. The van der Waals surface area contributed by atoms with E-state index >= 15 is 0 Å². The Morgan fingerprint density at radius 3 is 2.73 bits per heavy atom. The Morgan fingerprint density at radius 2 is 2.20 bits per heavy atom. The zero-order valence-electron chi connectivity index (χ0n) is 8.85. The summed E-state index contributed by atoms with van der Waals surface area (Å²) < 4.78 is 25.0. The molecule has 5 nitrogen and oxygen atoms in total. The molecule has 1 rings (SSSR count). The number of aliphatic carboxylic acids is 1. The number of hydrogen-bond acceptors (Lipinski definition) is 3. The molecule has 88 valence electrons. The number of sulfonamides is 1. The van der Waals surface area contributed by atoms with Crippen LogP contribution in [-0.4, -0.2) is 42.1 Å². The summed E-state index contributed by atoms with van der Waals surface area (Å²) in [7, 11) is -3.36. The molecule has 0 aliphatic carbocycles. The first-order chi connectivity index (χ1) is 6.97. The largest absolute Gasteiger partial charge is 0.481 e. The first kappa shape index (κ1) is 12.4. The van der Waals surface area contributed by atoms with Crippen molar-refractivity contribution in [2.24, 2.45) is 0 Å². The van der Waals surface area contributed by atoms with E-state index in [0.29, 0.717) is 6.54 Å². The van der Waals surface area contributed by atoms with Crippen LogP contribution in [0.2, 0.25) is 0 Å². The maximum absolute atomic E-state index is 11.8. The minimum absolute atomic E-state index is 0.0730. The second-order valence-corrected chi connectivity index (χ2v) is 5.82. The first-order valence-electron chi connectivity index (χ1n) is 5.18. The SMILES string of the molecule is CCC1CCCN1S(=O)(=O)CCC(=O)O. The zero-order valence-corrected chi connectivity index (χ0v) is 9.66. The lowest BCUT2D eigenvalue weighted by Crippen LogP contribution is -2.37. The molecule has 0 aromatic rings. The highest BCUT2D eigenvalue weighted by Gasteiger charge is 2.32. The summed E-state index contributed by atoms with van der Waals surface area (Å²) in [6.45, 7) is 2.50. The van der Waals surface area contributed by atoms with Gasteiger partial charge in [0.25, 0.3) is 0 Å². The van der Waals surface area contributed by atoms with Crippen molar-refractivity contribution in [2.45, 2.75) is 38.6 Å². The lowest BCUT2D eigenvalue weighted by molar-refractivity contribution is -0.136. The maximum Gasteiger partial charge on any atom is 0.304 e. The van der Waals surface area contributed by atoms with Crippen molar-refractivity contribution in [1.82, 2.24) is 4.31 Å². The van der Waals surface area contributed by atoms with E-state index in [1.807, 2.05) is 6.92 Å². The van der Waals surface area contributed by atoms with Crippen molar-refractivity contribution in [1.29, 1.82) is 0 Å². The van der Waals surface area contributed by atoms with E-state index in [1.54, 1.807) is 0 Å². The summed E-state index contributed by atoms with van der Waals surface area (Å²) in [6.07, 6.45) is 2.26. The van der Waals surface area contributed by atoms with Crippen LogP contribution in [0.5, 0.6) is 0 Å². The van der Waals surface area contributed by atoms with Gasteiger partial charge in [-0.05, 0) is 19.3 Å². The Morgan fingerprint density at radius 1 is 1.53 bits per heavy atom. The third-order valence-electron chi connectivity index (χ3n) is 2.73. The van der Waals surface area contributed by atoms with Crippen LogP contribution < -0.4 is 0 Å². The van der Waals surface area contributed by atoms with E-state index in [1.165, 1.54) is 4.31 Å². The Balaban J connectivity index is 2.64. The summed E-state index contributed by atoms with van der Waals surface area (Å²) in [6, 6.07) is 0.0730. The van der Waals surface area contributed by atoms with Gasteiger partial charge in [-0.1, -0.05) is 6.92 Å². The smallest absolute Gasteiger partial charge is 0.304 e. The van der Waals surface area contributed by atoms with Crippen molar-refractivity contribution < 1.29 is 18.3 Å². The molecule has 0 aromatic heterocycles. The normalized spacial score (nSPS) is 23.1. The van der Waals surface area contributed by atoms with Crippen LogP contribution in [0.1, 0.15) is 32.6 Å². The zero-order chi connectivity index (χ0) is 11.5. The summed E-state index contributed by atoms with van der Waals surface area (Å²) in [4.78, 5) is 10.3. The Labute approximate surface area is 90.1 Å². The van der Waals surface area contributed by atoms with Gasteiger partial charge in [0.15, 0.2) is 0 Å². The fourth-order valence-corrected chi connectivity index (χ4v) is 3.70. The standard InChI is InChI=1S/C9H17NO4S/c1-2-8-4-3-6-10(8)15(13,14)7-5-9(11)12/h8H,2-7H2,1H3,(H,11,12). The van der Waals surface area contributed by atoms with Crippen LogP contribution in [-0.2, 0) is 14.8 Å². The maximum atomic E-state index is 11.8. The van der Waals surface area contributed by atoms with Crippen LogP contribution in [0.15, 0.2) is 0 Å². The van der Waals surface area contributed by atoms with Gasteiger partial charge < -0.3 is 5.11 Å². The summed E-state index contributed by atoms with van der Waals surface area (Å²) in [5.74, 6) is -1.34. The molecule has 6 heteroatoms. The van der Waals surface area contributed by atoms with Gasteiger partial charge >= 0.3 is 5.97 Å². The van der Waals surface area contributed by atoms with Gasteiger partial charge in [0.1, 0.15) is 0 Å². The van der Waals surface area contributed by atoms with Gasteiger partial charge in [-0.3, -0.25) is 4.79 Å². The lowest BCUT2D eigenvalue weighted by Gasteiger charge is -2.22. The molecule has 1 aliphatic rings. The van der Waals surface area contributed by atoms with E-state index in [0.717, 1.165) is 19.3 Å². The van der Waals surface area contributed by atoms with Crippen molar-refractivity contribution in [3.63, 3.8) is 0 Å². The van der Waals surface area contributed by atoms with Crippen LogP contribution >= 0.6 is 0 Å². The first-order valence-corrected chi connectivity index (χ1v) is 6.79. The molecular formula is C9H17NO4S. The average molecular weight is 235 g/mol. The molecule has 0 spiro atoms. The van der Waals surface area contributed by atoms with Gasteiger partial charge in [-0.2, -0.15) is 4.31 Å². The van der Waals surface area contributed by atoms with Crippen LogP contribution in [0.4, 0.5) is 0 Å². The molecule has 15 heavy (non-hydrogen) atoms. The van der Waals surface area contributed by atoms with E-state index < -0.39 is 16.0 Å². The molecule has 1 heterocycles. The number of carbonyl (C=O) groups is 1. The Hall–Kier alpha value is -0.620. The summed E-state index contributed by atoms with van der Waals surface area (Å²) in [5, 5.41) is 8.46. The fraction of sp³-hybridized carbons (Fsp3) is 0.889. The molecule has 0 amide bonds. The second-order valence-electron chi connectivity index (χ2n) is 3.77.